The molecule has 26 heavy (non-hydrogen) atoms. The molecule has 0 saturated carbocycles. The summed E-state index contributed by atoms with van der Waals surface area (Å²) < 4.78 is 0. The van der Waals surface area contributed by atoms with E-state index in [0.717, 1.165) is 38.4 Å². The second-order valence-corrected chi connectivity index (χ2v) is 6.86. The van der Waals surface area contributed by atoms with E-state index in [9.17, 15) is 4.79 Å². The van der Waals surface area contributed by atoms with E-state index in [4.69, 9.17) is 0 Å². The minimum Gasteiger partial charge on any atom is -0.378 e. The number of nitrogens with zero attached hydrogens (tertiary/aromatic N) is 3. The lowest BCUT2D eigenvalue weighted by Gasteiger charge is -2.36. The van der Waals surface area contributed by atoms with E-state index in [1.54, 1.807) is 0 Å². The monoisotopic (exact) mass is 352 g/mol. The zero-order valence-electron chi connectivity index (χ0n) is 15.7. The molecule has 0 unspecified atom stereocenters. The van der Waals surface area contributed by atoms with Gasteiger partial charge in [-0.2, -0.15) is 0 Å². The summed E-state index contributed by atoms with van der Waals surface area (Å²) in [7, 11) is 3.96. The van der Waals surface area contributed by atoms with Gasteiger partial charge in [-0.15, -0.1) is 0 Å². The molecule has 1 heterocycles. The predicted molar refractivity (Wildman–Crippen MR) is 108 cm³/mol. The molecule has 5 heteroatoms. The Morgan fingerprint density at radius 2 is 1.73 bits per heavy atom. The molecule has 2 aromatic rings. The molecule has 1 aliphatic rings. The summed E-state index contributed by atoms with van der Waals surface area (Å²) >= 11 is 0. The number of carbonyl (C=O) groups is 1. The van der Waals surface area contributed by atoms with Crippen molar-refractivity contribution in [2.75, 3.05) is 63.2 Å². The Kier molecular flexibility index (Phi) is 6.12. The number of amides is 1. The van der Waals surface area contributed by atoms with Crippen LogP contribution in [0.25, 0.3) is 0 Å². The van der Waals surface area contributed by atoms with Gasteiger partial charge in [0, 0.05) is 70.3 Å². The topological polar surface area (TPSA) is 38.8 Å². The van der Waals surface area contributed by atoms with Crippen molar-refractivity contribution in [2.45, 2.75) is 0 Å². The Morgan fingerprint density at radius 3 is 2.42 bits per heavy atom. The highest BCUT2D eigenvalue weighted by molar-refractivity contribution is 5.95. The minimum absolute atomic E-state index is 0.00313. The molecule has 0 atom stereocenters. The van der Waals surface area contributed by atoms with Crippen molar-refractivity contribution >= 4 is 17.3 Å². The second-order valence-electron chi connectivity index (χ2n) is 6.86. The normalized spacial score (nSPS) is 14.9. The Morgan fingerprint density at radius 1 is 1.00 bits per heavy atom. The first-order chi connectivity index (χ1) is 12.6. The third-order valence-corrected chi connectivity index (χ3v) is 4.83. The molecule has 1 N–H and O–H groups in total. The van der Waals surface area contributed by atoms with E-state index in [2.05, 4.69) is 45.4 Å². The van der Waals surface area contributed by atoms with Crippen molar-refractivity contribution < 1.29 is 4.79 Å². The van der Waals surface area contributed by atoms with Gasteiger partial charge in [-0.3, -0.25) is 9.69 Å². The summed E-state index contributed by atoms with van der Waals surface area (Å²) in [5, 5.41) is 3.04. The number of anilines is 2. The fraction of sp³-hybridized carbons (Fsp3) is 0.381. The van der Waals surface area contributed by atoms with Crippen LogP contribution in [0.5, 0.6) is 0 Å². The van der Waals surface area contributed by atoms with Gasteiger partial charge in [0.25, 0.3) is 5.91 Å². The lowest BCUT2D eigenvalue weighted by Crippen LogP contribution is -2.48. The summed E-state index contributed by atoms with van der Waals surface area (Å²) in [4.78, 5) is 19.2. The van der Waals surface area contributed by atoms with Gasteiger partial charge in [-0.1, -0.05) is 24.3 Å². The molecule has 1 saturated heterocycles. The van der Waals surface area contributed by atoms with Crippen LogP contribution in [-0.4, -0.2) is 64.2 Å². The van der Waals surface area contributed by atoms with Crippen LogP contribution in [0.15, 0.2) is 54.6 Å². The molecule has 5 nitrogen and oxygen atoms in total. The summed E-state index contributed by atoms with van der Waals surface area (Å²) in [6, 6.07) is 18.3. The lowest BCUT2D eigenvalue weighted by molar-refractivity contribution is 0.0948. The molecule has 0 aliphatic carbocycles. The third-order valence-electron chi connectivity index (χ3n) is 4.83. The fourth-order valence-corrected chi connectivity index (χ4v) is 3.22. The Bertz CT molecular complexity index is 709. The molecule has 2 aromatic carbocycles. The first kappa shape index (κ1) is 18.3. The van der Waals surface area contributed by atoms with Crippen molar-refractivity contribution in [3.05, 3.63) is 60.2 Å². The summed E-state index contributed by atoms with van der Waals surface area (Å²) in [6.07, 6.45) is 0. The van der Waals surface area contributed by atoms with Crippen LogP contribution in [0.4, 0.5) is 11.4 Å². The first-order valence-corrected chi connectivity index (χ1v) is 9.21. The number of benzene rings is 2. The van der Waals surface area contributed by atoms with Crippen molar-refractivity contribution in [2.24, 2.45) is 0 Å². The van der Waals surface area contributed by atoms with Crippen LogP contribution in [0, 0.1) is 0 Å². The van der Waals surface area contributed by atoms with Gasteiger partial charge in [-0.05, 0) is 30.3 Å². The van der Waals surface area contributed by atoms with Crippen molar-refractivity contribution in [1.82, 2.24) is 10.2 Å². The molecule has 1 fully saturated rings. The largest absolute Gasteiger partial charge is 0.378 e. The van der Waals surface area contributed by atoms with Crippen LogP contribution in [-0.2, 0) is 0 Å². The maximum absolute atomic E-state index is 12.3. The second kappa shape index (κ2) is 8.72. The number of para-hydroxylation sites is 1. The Balaban J connectivity index is 1.42. The van der Waals surface area contributed by atoms with Gasteiger partial charge < -0.3 is 15.1 Å². The van der Waals surface area contributed by atoms with Crippen LogP contribution in [0.3, 0.4) is 0 Å². The fourth-order valence-electron chi connectivity index (χ4n) is 3.22. The van der Waals surface area contributed by atoms with Crippen molar-refractivity contribution in [3.63, 3.8) is 0 Å². The molecule has 0 aromatic heterocycles. The number of rotatable bonds is 6. The van der Waals surface area contributed by atoms with Crippen LogP contribution < -0.4 is 15.1 Å². The number of carbonyl (C=O) groups excluding carboxylic acids is 1. The van der Waals surface area contributed by atoms with Crippen LogP contribution >= 0.6 is 0 Å². The Labute approximate surface area is 156 Å². The van der Waals surface area contributed by atoms with Gasteiger partial charge in [0.05, 0.1) is 0 Å². The third kappa shape index (κ3) is 4.76. The van der Waals surface area contributed by atoms with Gasteiger partial charge in [0.2, 0.25) is 0 Å². The molecular formula is C21H28N4O. The van der Waals surface area contributed by atoms with Crippen LogP contribution in [0.2, 0.25) is 0 Å². The van der Waals surface area contributed by atoms with E-state index in [1.807, 2.05) is 43.3 Å². The maximum atomic E-state index is 12.3. The predicted octanol–water partition coefficient (Wildman–Crippen LogP) is 2.30. The number of piperazine rings is 1. The van der Waals surface area contributed by atoms with Crippen LogP contribution in [0.1, 0.15) is 10.4 Å². The summed E-state index contributed by atoms with van der Waals surface area (Å²) in [5.74, 6) is -0.00313. The molecule has 0 spiro atoms. The van der Waals surface area contributed by atoms with Gasteiger partial charge in [0.1, 0.15) is 0 Å². The molecule has 0 bridgehead atoms. The molecule has 1 aliphatic heterocycles. The van der Waals surface area contributed by atoms with Gasteiger partial charge in [-0.25, -0.2) is 0 Å². The summed E-state index contributed by atoms with van der Waals surface area (Å²) in [6.45, 7) is 5.69. The van der Waals surface area contributed by atoms with E-state index in [1.165, 1.54) is 5.69 Å². The zero-order chi connectivity index (χ0) is 18.4. The minimum atomic E-state index is -0.00313. The highest BCUT2D eigenvalue weighted by Crippen LogP contribution is 2.15. The SMILES string of the molecule is CN(C)c1cccc(C(=O)NCCN2CCN(c3ccccc3)CC2)c1. The van der Waals surface area contributed by atoms with E-state index < -0.39 is 0 Å². The molecular weight excluding hydrogens is 324 g/mol. The highest BCUT2D eigenvalue weighted by Gasteiger charge is 2.17. The van der Waals surface area contributed by atoms with Crippen molar-refractivity contribution in [3.8, 4) is 0 Å². The summed E-state index contributed by atoms with van der Waals surface area (Å²) in [5.41, 5.74) is 3.04. The average Bonchev–Trinajstić information content (AvgIpc) is 2.69. The van der Waals surface area contributed by atoms with E-state index >= 15 is 0 Å². The standard InChI is InChI=1S/C21H28N4O/c1-23(2)20-10-6-7-18(17-20)21(26)22-11-12-24-13-15-25(16-14-24)19-8-4-3-5-9-19/h3-10,17H,11-16H2,1-2H3,(H,22,26). The highest BCUT2D eigenvalue weighted by atomic mass is 16.1. The number of hydrogen-bond acceptors (Lipinski definition) is 4. The van der Waals surface area contributed by atoms with Gasteiger partial charge in [0.15, 0.2) is 0 Å². The number of nitrogens with one attached hydrogen (secondary N) is 1. The van der Waals surface area contributed by atoms with Gasteiger partial charge >= 0.3 is 0 Å². The maximum Gasteiger partial charge on any atom is 0.251 e. The smallest absolute Gasteiger partial charge is 0.251 e. The first-order valence-electron chi connectivity index (χ1n) is 9.21. The quantitative estimate of drug-likeness (QED) is 0.866. The molecule has 1 amide bonds. The zero-order valence-corrected chi connectivity index (χ0v) is 15.7. The van der Waals surface area contributed by atoms with Crippen molar-refractivity contribution in [1.29, 1.82) is 0 Å². The molecule has 3 rings (SSSR count). The average molecular weight is 352 g/mol. The molecule has 0 radical (unpaired) electrons. The van der Waals surface area contributed by atoms with E-state index in [0.29, 0.717) is 12.1 Å². The molecule has 138 valence electrons. The van der Waals surface area contributed by atoms with E-state index in [-0.39, 0.29) is 5.91 Å². The Hall–Kier alpha value is -2.53. The number of hydrogen-bond donors (Lipinski definition) is 1. The lowest BCUT2D eigenvalue weighted by atomic mass is 10.2.